The Balaban J connectivity index is 0. The van der Waals surface area contributed by atoms with Crippen molar-refractivity contribution in [1.29, 1.82) is 0 Å². The summed E-state index contributed by atoms with van der Waals surface area (Å²) in [4.78, 5) is 23.2. The van der Waals surface area contributed by atoms with E-state index in [1.165, 1.54) is 13.0 Å². The molecule has 1 aliphatic rings. The van der Waals surface area contributed by atoms with Crippen LogP contribution in [0.1, 0.15) is 53.9 Å². The van der Waals surface area contributed by atoms with Crippen molar-refractivity contribution in [2.75, 3.05) is 0 Å². The standard InChI is InChI=1S/C16H16O2.2C2H6/c1-3-4-8-15(12-11-13(2)17)16(18)14-9-6-5-7-10-14;2*1-2/h1,4,6,8-10,12H,5,7,11H2,2H3;2*1-2H3/b8-4-,15-12+;;. The number of carbonyl (C=O) groups excluding carboxylic acids is 2. The van der Waals surface area contributed by atoms with Gasteiger partial charge in [0.15, 0.2) is 5.78 Å². The summed E-state index contributed by atoms with van der Waals surface area (Å²) in [6.45, 7) is 9.49. The van der Waals surface area contributed by atoms with Gasteiger partial charge < -0.3 is 0 Å². The molecule has 0 unspecified atom stereocenters. The van der Waals surface area contributed by atoms with Crippen molar-refractivity contribution < 1.29 is 9.59 Å². The van der Waals surface area contributed by atoms with E-state index in [1.54, 1.807) is 12.2 Å². The SMILES string of the molecule is C#C/C=C\C(=C/CC(C)=O)C(=O)C1=CCCC=C1.CC.CC. The van der Waals surface area contributed by atoms with Crippen molar-refractivity contribution >= 4 is 11.6 Å². The minimum atomic E-state index is -0.0845. The van der Waals surface area contributed by atoms with E-state index in [1.807, 2.05) is 45.9 Å². The largest absolute Gasteiger partial charge is 0.300 e. The van der Waals surface area contributed by atoms with Crippen molar-refractivity contribution in [3.63, 3.8) is 0 Å². The van der Waals surface area contributed by atoms with Gasteiger partial charge in [0.25, 0.3) is 0 Å². The molecule has 0 atom stereocenters. The fourth-order valence-electron chi connectivity index (χ4n) is 1.58. The van der Waals surface area contributed by atoms with Gasteiger partial charge in [-0.3, -0.25) is 9.59 Å². The molecule has 120 valence electrons. The molecule has 0 saturated heterocycles. The minimum absolute atomic E-state index is 0.0163. The third-order valence-electron chi connectivity index (χ3n) is 2.49. The lowest BCUT2D eigenvalue weighted by Gasteiger charge is -2.06. The molecular weight excluding hydrogens is 272 g/mol. The zero-order chi connectivity index (χ0) is 17.4. The molecule has 0 spiro atoms. The number of rotatable bonds is 5. The highest BCUT2D eigenvalue weighted by atomic mass is 16.1. The smallest absolute Gasteiger partial charge is 0.192 e. The van der Waals surface area contributed by atoms with Gasteiger partial charge in [0, 0.05) is 17.6 Å². The van der Waals surface area contributed by atoms with E-state index in [0.717, 1.165) is 12.8 Å². The summed E-state index contributed by atoms with van der Waals surface area (Å²) in [7, 11) is 0. The Labute approximate surface area is 135 Å². The predicted molar refractivity (Wildman–Crippen MR) is 95.5 cm³/mol. The molecule has 0 fully saturated rings. The molecule has 0 aliphatic heterocycles. The van der Waals surface area contributed by atoms with Gasteiger partial charge in [-0.15, -0.1) is 6.42 Å². The molecule has 0 saturated carbocycles. The van der Waals surface area contributed by atoms with E-state index in [-0.39, 0.29) is 18.0 Å². The van der Waals surface area contributed by atoms with Gasteiger partial charge in [0.05, 0.1) is 0 Å². The summed E-state index contributed by atoms with van der Waals surface area (Å²) in [5.41, 5.74) is 1.14. The van der Waals surface area contributed by atoms with E-state index in [2.05, 4.69) is 5.92 Å². The van der Waals surface area contributed by atoms with Crippen LogP contribution in [0.2, 0.25) is 0 Å². The summed E-state index contributed by atoms with van der Waals surface area (Å²) in [6, 6.07) is 0. The summed E-state index contributed by atoms with van der Waals surface area (Å²) in [5.74, 6) is 2.28. The fraction of sp³-hybridized carbons (Fsp3) is 0.400. The fourth-order valence-corrected chi connectivity index (χ4v) is 1.58. The Kier molecular flexibility index (Phi) is 15.4. The number of hydrogen-bond acceptors (Lipinski definition) is 2. The molecule has 2 nitrogen and oxygen atoms in total. The third-order valence-corrected chi connectivity index (χ3v) is 2.49. The van der Waals surface area contributed by atoms with Gasteiger partial charge >= 0.3 is 0 Å². The molecule has 1 aliphatic carbocycles. The Morgan fingerprint density at radius 2 is 1.86 bits per heavy atom. The van der Waals surface area contributed by atoms with Crippen molar-refractivity contribution in [2.45, 2.75) is 53.9 Å². The highest BCUT2D eigenvalue weighted by Gasteiger charge is 2.12. The lowest BCUT2D eigenvalue weighted by molar-refractivity contribution is -0.116. The normalized spacial score (nSPS) is 13.1. The van der Waals surface area contributed by atoms with Crippen molar-refractivity contribution in [1.82, 2.24) is 0 Å². The first-order valence-electron chi connectivity index (χ1n) is 7.89. The lowest BCUT2D eigenvalue weighted by atomic mass is 9.97. The van der Waals surface area contributed by atoms with Crippen molar-refractivity contribution in [3.05, 3.63) is 47.6 Å². The molecular formula is C20H28O2. The average Bonchev–Trinajstić information content (AvgIpc) is 2.58. The average molecular weight is 300 g/mol. The molecule has 0 N–H and O–H groups in total. The first-order valence-corrected chi connectivity index (χ1v) is 7.89. The molecule has 0 aromatic heterocycles. The van der Waals surface area contributed by atoms with Crippen LogP contribution in [0.4, 0.5) is 0 Å². The maximum Gasteiger partial charge on any atom is 0.192 e. The number of carbonyl (C=O) groups is 2. The highest BCUT2D eigenvalue weighted by Crippen LogP contribution is 2.16. The van der Waals surface area contributed by atoms with Crippen LogP contribution in [-0.2, 0) is 9.59 Å². The van der Waals surface area contributed by atoms with Crippen molar-refractivity contribution in [3.8, 4) is 12.3 Å². The molecule has 0 radical (unpaired) electrons. The summed E-state index contributed by atoms with van der Waals surface area (Å²) >= 11 is 0. The molecule has 22 heavy (non-hydrogen) atoms. The van der Waals surface area contributed by atoms with Crippen LogP contribution in [0.25, 0.3) is 0 Å². The van der Waals surface area contributed by atoms with Crippen LogP contribution in [-0.4, -0.2) is 11.6 Å². The zero-order valence-electron chi connectivity index (χ0n) is 14.5. The highest BCUT2D eigenvalue weighted by molar-refractivity contribution is 6.12. The Morgan fingerprint density at radius 1 is 1.23 bits per heavy atom. The van der Waals surface area contributed by atoms with Gasteiger partial charge in [-0.1, -0.05) is 57.9 Å². The maximum atomic E-state index is 12.2. The molecule has 2 heteroatoms. The lowest BCUT2D eigenvalue weighted by Crippen LogP contribution is -2.05. The molecule has 0 aromatic carbocycles. The molecule has 0 aromatic rings. The van der Waals surface area contributed by atoms with E-state index in [0.29, 0.717) is 11.1 Å². The number of hydrogen-bond donors (Lipinski definition) is 0. The van der Waals surface area contributed by atoms with Gasteiger partial charge in [-0.05, 0) is 31.9 Å². The van der Waals surface area contributed by atoms with E-state index in [4.69, 9.17) is 6.42 Å². The van der Waals surface area contributed by atoms with E-state index in [9.17, 15) is 9.59 Å². The molecule has 0 heterocycles. The minimum Gasteiger partial charge on any atom is -0.300 e. The van der Waals surface area contributed by atoms with Gasteiger partial charge in [-0.25, -0.2) is 0 Å². The Morgan fingerprint density at radius 3 is 2.32 bits per heavy atom. The van der Waals surface area contributed by atoms with Crippen LogP contribution >= 0.6 is 0 Å². The number of terminal acetylenes is 1. The summed E-state index contributed by atoms with van der Waals surface area (Å²) < 4.78 is 0. The first kappa shape index (κ1) is 22.1. The first-order chi connectivity index (χ1) is 10.6. The van der Waals surface area contributed by atoms with E-state index >= 15 is 0 Å². The monoisotopic (exact) mass is 300 g/mol. The molecule has 0 bridgehead atoms. The summed E-state index contributed by atoms with van der Waals surface area (Å²) in [6.07, 6.45) is 17.6. The zero-order valence-corrected chi connectivity index (χ0v) is 14.5. The number of Topliss-reactive ketones (excluding diaryl/α,β-unsaturated/α-hetero) is 2. The second-order valence-electron chi connectivity index (χ2n) is 4.03. The van der Waals surface area contributed by atoms with Crippen molar-refractivity contribution in [2.24, 2.45) is 0 Å². The third kappa shape index (κ3) is 9.72. The van der Waals surface area contributed by atoms with Gasteiger partial charge in [0.2, 0.25) is 0 Å². The quantitative estimate of drug-likeness (QED) is 0.408. The number of allylic oxidation sites excluding steroid dienone is 8. The second kappa shape index (κ2) is 15.3. The van der Waals surface area contributed by atoms with Gasteiger partial charge in [0.1, 0.15) is 5.78 Å². The van der Waals surface area contributed by atoms with Crippen LogP contribution in [0, 0.1) is 12.3 Å². The van der Waals surface area contributed by atoms with Crippen LogP contribution in [0.15, 0.2) is 47.6 Å². The number of ketones is 2. The topological polar surface area (TPSA) is 34.1 Å². The Bertz CT molecular complexity index is 494. The predicted octanol–water partition coefficient (Wildman–Crippen LogP) is 4.98. The van der Waals surface area contributed by atoms with Crippen LogP contribution in [0.5, 0.6) is 0 Å². The van der Waals surface area contributed by atoms with Crippen LogP contribution < -0.4 is 0 Å². The maximum absolute atomic E-state index is 12.2. The molecule has 0 amide bonds. The Hall–Kier alpha value is -2.14. The van der Waals surface area contributed by atoms with Crippen LogP contribution in [0.3, 0.4) is 0 Å². The van der Waals surface area contributed by atoms with Gasteiger partial charge in [-0.2, -0.15) is 0 Å². The molecule has 1 rings (SSSR count). The van der Waals surface area contributed by atoms with E-state index < -0.39 is 0 Å². The second-order valence-corrected chi connectivity index (χ2v) is 4.03. The summed E-state index contributed by atoms with van der Waals surface area (Å²) in [5, 5.41) is 0.